The third-order valence-corrected chi connectivity index (χ3v) is 4.16. The normalized spacial score (nSPS) is 10.5. The first-order valence-electron chi connectivity index (χ1n) is 8.88. The van der Waals surface area contributed by atoms with Gasteiger partial charge in [-0.3, -0.25) is 9.59 Å². The molecule has 8 nitrogen and oxygen atoms in total. The second-order valence-electron chi connectivity index (χ2n) is 6.13. The Kier molecular flexibility index (Phi) is 5.15. The molecule has 0 aliphatic carbocycles. The molecule has 4 rings (SSSR count). The molecular weight excluding hydrogens is 370 g/mol. The van der Waals surface area contributed by atoms with E-state index in [1.54, 1.807) is 71.8 Å². The van der Waals surface area contributed by atoms with E-state index in [9.17, 15) is 9.59 Å². The summed E-state index contributed by atoms with van der Waals surface area (Å²) in [6.07, 6.45) is 6.56. The Hall–Kier alpha value is -4.20. The fourth-order valence-electron chi connectivity index (χ4n) is 2.78. The van der Waals surface area contributed by atoms with E-state index in [1.807, 2.05) is 6.07 Å². The van der Waals surface area contributed by atoms with Crippen molar-refractivity contribution in [3.05, 3.63) is 96.3 Å². The van der Waals surface area contributed by atoms with E-state index in [0.29, 0.717) is 17.1 Å². The molecule has 3 heterocycles. The van der Waals surface area contributed by atoms with Crippen LogP contribution in [0.1, 0.15) is 26.5 Å². The van der Waals surface area contributed by atoms with Crippen molar-refractivity contribution in [1.29, 1.82) is 0 Å². The van der Waals surface area contributed by atoms with Crippen molar-refractivity contribution in [2.45, 2.75) is 6.54 Å². The molecule has 0 saturated heterocycles. The number of nitrogens with zero attached hydrogens (tertiary/aromatic N) is 3. The number of carbonyl (C=O) groups excluding carboxylic acids is 2. The van der Waals surface area contributed by atoms with E-state index >= 15 is 0 Å². The van der Waals surface area contributed by atoms with E-state index in [1.165, 1.54) is 6.26 Å². The molecule has 2 amide bonds. The molecule has 0 spiro atoms. The highest BCUT2D eigenvalue weighted by Crippen LogP contribution is 2.14. The second-order valence-corrected chi connectivity index (χ2v) is 6.13. The number of carbonyl (C=O) groups is 2. The van der Waals surface area contributed by atoms with Crippen LogP contribution in [-0.4, -0.2) is 26.6 Å². The van der Waals surface area contributed by atoms with Gasteiger partial charge in [-0.05, 0) is 42.5 Å². The Morgan fingerprint density at radius 2 is 1.93 bits per heavy atom. The van der Waals surface area contributed by atoms with Gasteiger partial charge in [-0.15, -0.1) is 0 Å². The summed E-state index contributed by atoms with van der Waals surface area (Å²) in [5.74, 6) is 0.195. The summed E-state index contributed by atoms with van der Waals surface area (Å²) in [5, 5.41) is 9.77. The van der Waals surface area contributed by atoms with Gasteiger partial charge in [0.25, 0.3) is 11.8 Å². The maximum atomic E-state index is 12.6. The van der Waals surface area contributed by atoms with E-state index in [2.05, 4.69) is 20.7 Å². The van der Waals surface area contributed by atoms with Crippen molar-refractivity contribution in [3.63, 3.8) is 0 Å². The van der Waals surface area contributed by atoms with Crippen LogP contribution in [0.3, 0.4) is 0 Å². The lowest BCUT2D eigenvalue weighted by Crippen LogP contribution is -2.24. The van der Waals surface area contributed by atoms with Gasteiger partial charge in [0.15, 0.2) is 11.6 Å². The summed E-state index contributed by atoms with van der Waals surface area (Å²) >= 11 is 0. The topological polar surface area (TPSA) is 102 Å². The van der Waals surface area contributed by atoms with Gasteiger partial charge in [0.05, 0.1) is 6.26 Å². The lowest BCUT2D eigenvalue weighted by Gasteiger charge is -2.10. The van der Waals surface area contributed by atoms with Gasteiger partial charge < -0.3 is 15.1 Å². The monoisotopic (exact) mass is 387 g/mol. The number of anilines is 1. The highest BCUT2D eigenvalue weighted by atomic mass is 16.3. The van der Waals surface area contributed by atoms with Crippen molar-refractivity contribution in [2.24, 2.45) is 0 Å². The Labute approximate surface area is 166 Å². The molecule has 8 heteroatoms. The van der Waals surface area contributed by atoms with Crippen LogP contribution in [0, 0.1) is 0 Å². The Balaban J connectivity index is 1.44. The number of nitrogens with one attached hydrogen (secondary N) is 2. The number of aromatic nitrogens is 3. The number of hydrogen-bond acceptors (Lipinski definition) is 5. The van der Waals surface area contributed by atoms with Crippen LogP contribution in [0.4, 0.5) is 5.69 Å². The quantitative estimate of drug-likeness (QED) is 0.529. The molecule has 3 aromatic heterocycles. The first kappa shape index (κ1) is 18.2. The fourth-order valence-corrected chi connectivity index (χ4v) is 2.78. The summed E-state index contributed by atoms with van der Waals surface area (Å²) in [4.78, 5) is 29.0. The zero-order valence-electron chi connectivity index (χ0n) is 15.3. The molecule has 0 aliphatic heterocycles. The van der Waals surface area contributed by atoms with Crippen molar-refractivity contribution < 1.29 is 14.0 Å². The van der Waals surface area contributed by atoms with E-state index in [-0.39, 0.29) is 24.1 Å². The molecule has 4 aromatic rings. The molecular formula is C21H17N5O3. The molecule has 0 aliphatic rings. The summed E-state index contributed by atoms with van der Waals surface area (Å²) < 4.78 is 6.72. The fraction of sp³-hybridized carbons (Fsp3) is 0.0476. The summed E-state index contributed by atoms with van der Waals surface area (Å²) in [6, 6.07) is 15.4. The van der Waals surface area contributed by atoms with Crippen molar-refractivity contribution in [3.8, 4) is 5.82 Å². The minimum Gasteiger partial charge on any atom is -0.459 e. The molecule has 144 valence electrons. The number of benzene rings is 1. The van der Waals surface area contributed by atoms with Gasteiger partial charge in [0.2, 0.25) is 0 Å². The van der Waals surface area contributed by atoms with Gasteiger partial charge in [0.1, 0.15) is 0 Å². The van der Waals surface area contributed by atoms with Gasteiger partial charge in [-0.1, -0.05) is 12.1 Å². The van der Waals surface area contributed by atoms with Gasteiger partial charge in [-0.2, -0.15) is 5.10 Å². The molecule has 0 atom stereocenters. The van der Waals surface area contributed by atoms with Gasteiger partial charge >= 0.3 is 0 Å². The molecule has 0 saturated carbocycles. The van der Waals surface area contributed by atoms with E-state index in [0.717, 1.165) is 5.56 Å². The maximum Gasteiger partial charge on any atom is 0.291 e. The lowest BCUT2D eigenvalue weighted by atomic mass is 10.1. The number of hydrogen-bond donors (Lipinski definition) is 2. The Morgan fingerprint density at radius 1 is 1.00 bits per heavy atom. The smallest absolute Gasteiger partial charge is 0.291 e. The third-order valence-electron chi connectivity index (χ3n) is 4.16. The summed E-state index contributed by atoms with van der Waals surface area (Å²) in [5.41, 5.74) is 1.75. The maximum absolute atomic E-state index is 12.6. The van der Waals surface area contributed by atoms with Gasteiger partial charge in [0, 0.05) is 41.9 Å². The van der Waals surface area contributed by atoms with E-state index < -0.39 is 0 Å². The molecule has 0 radical (unpaired) electrons. The molecule has 29 heavy (non-hydrogen) atoms. The van der Waals surface area contributed by atoms with Crippen LogP contribution < -0.4 is 10.6 Å². The van der Waals surface area contributed by atoms with Crippen LogP contribution in [0.25, 0.3) is 5.82 Å². The zero-order chi connectivity index (χ0) is 20.1. The number of furan rings is 1. The van der Waals surface area contributed by atoms with Crippen LogP contribution in [0.5, 0.6) is 0 Å². The predicted octanol–water partition coefficient (Wildman–Crippen LogP) is 3.04. The standard InChI is InChI=1S/C21H17N5O3/c27-20(23-14-16-6-2-9-22-19(16)26-11-4-10-24-26)15-5-1-7-17(13-15)25-21(28)18-8-3-12-29-18/h1-13H,14H2,(H,23,27)(H,25,28). The van der Waals surface area contributed by atoms with Crippen LogP contribution >= 0.6 is 0 Å². The number of rotatable bonds is 6. The summed E-state index contributed by atoms with van der Waals surface area (Å²) in [7, 11) is 0. The Morgan fingerprint density at radius 3 is 2.72 bits per heavy atom. The lowest BCUT2D eigenvalue weighted by molar-refractivity contribution is 0.0949. The van der Waals surface area contributed by atoms with Crippen LogP contribution in [0.2, 0.25) is 0 Å². The van der Waals surface area contributed by atoms with Crippen molar-refractivity contribution in [1.82, 2.24) is 20.1 Å². The van der Waals surface area contributed by atoms with Crippen LogP contribution in [-0.2, 0) is 6.54 Å². The average molecular weight is 387 g/mol. The zero-order valence-corrected chi connectivity index (χ0v) is 15.3. The van der Waals surface area contributed by atoms with Gasteiger partial charge in [-0.25, -0.2) is 9.67 Å². The first-order valence-corrected chi connectivity index (χ1v) is 8.88. The minimum atomic E-state index is -0.383. The minimum absolute atomic E-state index is 0.197. The second kappa shape index (κ2) is 8.22. The summed E-state index contributed by atoms with van der Waals surface area (Å²) in [6.45, 7) is 0.283. The first-order chi connectivity index (χ1) is 14.2. The highest BCUT2D eigenvalue weighted by Gasteiger charge is 2.12. The van der Waals surface area contributed by atoms with Crippen molar-refractivity contribution in [2.75, 3.05) is 5.32 Å². The third kappa shape index (κ3) is 4.22. The molecule has 0 fully saturated rings. The SMILES string of the molecule is O=C(NCc1cccnc1-n1cccn1)c1cccc(NC(=O)c2ccco2)c1. The average Bonchev–Trinajstić information content (AvgIpc) is 3.47. The molecule has 0 bridgehead atoms. The molecule has 2 N–H and O–H groups in total. The van der Waals surface area contributed by atoms with Crippen LogP contribution in [0.15, 0.2) is 83.9 Å². The molecule has 1 aromatic carbocycles. The Bertz CT molecular complexity index is 1120. The number of pyridine rings is 1. The highest BCUT2D eigenvalue weighted by molar-refractivity contribution is 6.03. The van der Waals surface area contributed by atoms with E-state index in [4.69, 9.17) is 4.42 Å². The largest absolute Gasteiger partial charge is 0.459 e. The van der Waals surface area contributed by atoms with Crippen molar-refractivity contribution >= 4 is 17.5 Å². The predicted molar refractivity (Wildman–Crippen MR) is 106 cm³/mol. The molecule has 0 unspecified atom stereocenters. The number of amides is 2.